The Kier molecular flexibility index (Phi) is 8.10. The van der Waals surface area contributed by atoms with Gasteiger partial charge in [-0.3, -0.25) is 0 Å². The van der Waals surface area contributed by atoms with Crippen molar-refractivity contribution >= 4 is 192 Å². The fraction of sp³-hybridized carbons (Fsp3) is 0. The fourth-order valence-electron chi connectivity index (χ4n) is 8.81. The summed E-state index contributed by atoms with van der Waals surface area (Å²) < 4.78 is 0. The lowest BCUT2D eigenvalue weighted by atomic mass is 9.57. The van der Waals surface area contributed by atoms with E-state index in [4.69, 9.17) is 0 Å². The fourth-order valence-corrected chi connectivity index (χ4v) is 8.81. The summed E-state index contributed by atoms with van der Waals surface area (Å²) in [5.74, 6) is 0. The quantitative estimate of drug-likeness (QED) is 0.140. The van der Waals surface area contributed by atoms with Gasteiger partial charge >= 0.3 is 0 Å². The Morgan fingerprint density at radius 1 is 0.271 bits per heavy atom. The largest absolute Gasteiger partial charge is 0.139 e. The maximum absolute atomic E-state index is 2.37. The van der Waals surface area contributed by atoms with Crippen LogP contribution in [0.3, 0.4) is 0 Å². The van der Waals surface area contributed by atoms with E-state index < -0.39 is 0 Å². The monoisotopic (exact) mass is 600 g/mol. The molecule has 12 heteroatoms. The molecule has 0 unspecified atom stereocenters. The van der Waals surface area contributed by atoms with Crippen LogP contribution in [0.25, 0.3) is 65.7 Å². The average molecular weight is 598 g/mol. The topological polar surface area (TPSA) is 0 Å². The molecule has 0 nitrogen and oxygen atoms in total. The van der Waals surface area contributed by atoms with Gasteiger partial charge in [0, 0.05) is 0 Å². The lowest BCUT2D eigenvalue weighted by molar-refractivity contribution is 1.69. The molecule has 0 spiro atoms. The zero-order chi connectivity index (χ0) is 34.3. The van der Waals surface area contributed by atoms with Gasteiger partial charge in [-0.2, -0.15) is 0 Å². The molecule has 0 aliphatic heterocycles. The predicted molar refractivity (Wildman–Crippen MR) is 253 cm³/mol. The minimum atomic E-state index is 1.28. The summed E-state index contributed by atoms with van der Waals surface area (Å²) in [6, 6.07) is 26.7. The van der Waals surface area contributed by atoms with Crippen molar-refractivity contribution in [2.24, 2.45) is 0 Å². The third-order valence-corrected chi connectivity index (χ3v) is 12.4. The first-order valence-corrected chi connectivity index (χ1v) is 17.5. The third-order valence-electron chi connectivity index (χ3n) is 12.4. The minimum Gasteiger partial charge on any atom is -0.101 e. The number of fused-ring (bicyclic) bond motifs is 3. The van der Waals surface area contributed by atoms with E-state index in [1.54, 1.807) is 0 Å². The molecule has 7 aromatic rings. The van der Waals surface area contributed by atoms with Crippen LogP contribution < -0.4 is 65.6 Å². The van der Waals surface area contributed by atoms with E-state index in [1.165, 1.54) is 131 Å². The highest BCUT2D eigenvalue weighted by molar-refractivity contribution is 6.72. The van der Waals surface area contributed by atoms with Crippen LogP contribution in [0.2, 0.25) is 0 Å². The molecule has 0 atom stereocenters. The summed E-state index contributed by atoms with van der Waals surface area (Å²) in [5.41, 5.74) is 24.8. The molecule has 0 saturated heterocycles. The Bertz CT molecular complexity index is 2410. The maximum Gasteiger partial charge on any atom is 0.139 e. The van der Waals surface area contributed by atoms with Gasteiger partial charge in [0.15, 0.2) is 0 Å². The zero-order valence-electron chi connectivity index (χ0n) is 30.9. The highest BCUT2D eigenvalue weighted by Gasteiger charge is 2.28. The van der Waals surface area contributed by atoms with E-state index in [0.29, 0.717) is 0 Å². The van der Waals surface area contributed by atoms with Crippen LogP contribution in [-0.2, 0) is 0 Å². The molecule has 48 heavy (non-hydrogen) atoms. The Morgan fingerprint density at radius 2 is 0.667 bits per heavy atom. The molecule has 0 N–H and O–H groups in total. The van der Waals surface area contributed by atoms with Crippen LogP contribution >= 0.6 is 0 Å². The van der Waals surface area contributed by atoms with Gasteiger partial charge in [-0.05, 0) is 65.7 Å². The molecular weight excluding hydrogens is 562 g/mol. The molecule has 0 fully saturated rings. The smallest absolute Gasteiger partial charge is 0.101 e. The van der Waals surface area contributed by atoms with Crippen LogP contribution in [0.4, 0.5) is 0 Å². The minimum absolute atomic E-state index is 1.28. The van der Waals surface area contributed by atoms with Crippen molar-refractivity contribution in [2.45, 2.75) is 0 Å². The van der Waals surface area contributed by atoms with Gasteiger partial charge in [-0.1, -0.05) is 116 Å². The molecule has 0 radical (unpaired) electrons. The van der Waals surface area contributed by atoms with Crippen molar-refractivity contribution in [3.63, 3.8) is 0 Å². The number of hydrogen-bond acceptors (Lipinski definition) is 0. The van der Waals surface area contributed by atoms with Crippen molar-refractivity contribution in [2.75, 3.05) is 0 Å². The second kappa shape index (κ2) is 11.9. The van der Waals surface area contributed by atoms with Gasteiger partial charge in [0.25, 0.3) is 0 Å². The highest BCUT2D eigenvalue weighted by Crippen LogP contribution is 2.41. The van der Waals surface area contributed by atoms with E-state index in [9.17, 15) is 0 Å². The first-order chi connectivity index (χ1) is 22.9. The summed E-state index contributed by atoms with van der Waals surface area (Å²) >= 11 is 0. The Hall–Kier alpha value is -3.90. The van der Waals surface area contributed by atoms with E-state index in [0.717, 1.165) is 0 Å². The molecule has 216 valence electrons. The van der Waals surface area contributed by atoms with Crippen LogP contribution in [0.15, 0.2) is 72.8 Å². The van der Waals surface area contributed by atoms with Crippen molar-refractivity contribution in [1.29, 1.82) is 0 Å². The first kappa shape index (κ1) is 32.6. The second-order valence-corrected chi connectivity index (χ2v) is 14.4. The van der Waals surface area contributed by atoms with Crippen LogP contribution in [0.1, 0.15) is 0 Å². The summed E-state index contributed by atoms with van der Waals surface area (Å²) in [5, 5.41) is 8.23. The van der Waals surface area contributed by atoms with Crippen LogP contribution in [0.5, 0.6) is 0 Å². The maximum atomic E-state index is 2.37. The third kappa shape index (κ3) is 4.54. The predicted octanol–water partition coefficient (Wildman–Crippen LogP) is -10.8. The molecule has 0 bridgehead atoms. The second-order valence-electron chi connectivity index (χ2n) is 14.4. The Labute approximate surface area is 296 Å². The van der Waals surface area contributed by atoms with Crippen molar-refractivity contribution in [3.8, 4) is 33.4 Å². The highest BCUT2D eigenvalue weighted by atomic mass is 14.3. The van der Waals surface area contributed by atoms with E-state index in [1.807, 2.05) is 0 Å². The average Bonchev–Trinajstić information content (AvgIpc) is 3.10. The molecule has 0 heterocycles. The molecule has 7 rings (SSSR count). The first-order valence-electron chi connectivity index (χ1n) is 17.5. The SMILES string of the molecule is Bc1c(B)c(-c2c3c(B)c(B)c(B)c(B)c3c(-c3cccc4ccccc34)c3c(B)c(B)c(B)c(B)c23)c(B)c(B)c1-c1ccccc1. The summed E-state index contributed by atoms with van der Waals surface area (Å²) in [6.45, 7) is 0. The molecule has 0 aromatic heterocycles. The van der Waals surface area contributed by atoms with Crippen molar-refractivity contribution < 1.29 is 0 Å². The van der Waals surface area contributed by atoms with Crippen molar-refractivity contribution in [3.05, 3.63) is 72.8 Å². The molecule has 0 saturated carbocycles. The van der Waals surface area contributed by atoms with Gasteiger partial charge < -0.3 is 0 Å². The normalized spacial score (nSPS) is 11.5. The van der Waals surface area contributed by atoms with Crippen LogP contribution in [-0.4, -0.2) is 94.2 Å². The van der Waals surface area contributed by atoms with Crippen molar-refractivity contribution in [1.82, 2.24) is 0 Å². The summed E-state index contributed by atoms with van der Waals surface area (Å²) in [6.07, 6.45) is 0. The van der Waals surface area contributed by atoms with E-state index in [2.05, 4.69) is 167 Å². The van der Waals surface area contributed by atoms with Gasteiger partial charge in [0.05, 0.1) is 0 Å². The Morgan fingerprint density at radius 3 is 1.17 bits per heavy atom. The van der Waals surface area contributed by atoms with Gasteiger partial charge in [-0.15, -0.1) is 21.9 Å². The molecule has 7 aromatic carbocycles. The van der Waals surface area contributed by atoms with Gasteiger partial charge in [0.2, 0.25) is 0 Å². The number of hydrogen-bond donors (Lipinski definition) is 0. The zero-order valence-corrected chi connectivity index (χ0v) is 30.9. The summed E-state index contributed by atoms with van der Waals surface area (Å²) in [4.78, 5) is 0. The van der Waals surface area contributed by atoms with E-state index >= 15 is 0 Å². The lowest BCUT2D eigenvalue weighted by Crippen LogP contribution is -2.50. The van der Waals surface area contributed by atoms with E-state index in [-0.39, 0.29) is 0 Å². The molecule has 0 amide bonds. The van der Waals surface area contributed by atoms with Gasteiger partial charge in [-0.25, -0.2) is 0 Å². The van der Waals surface area contributed by atoms with Crippen LogP contribution in [0, 0.1) is 0 Å². The molecule has 0 aliphatic carbocycles. The molecular formula is C36H36B12. The summed E-state index contributed by atoms with van der Waals surface area (Å²) in [7, 11) is 28.2. The Balaban J connectivity index is 1.83. The molecule has 0 aliphatic rings. The van der Waals surface area contributed by atoms with Gasteiger partial charge in [0.1, 0.15) is 94.2 Å². The number of benzene rings is 7. The lowest BCUT2D eigenvalue weighted by Gasteiger charge is -2.31. The number of rotatable bonds is 3. The standard InChI is InChI=1S/C36H36B12/c37-25-17(14-8-2-1-3-9-14)26(38)32(44)24(31(25)43)19-22-20(27(39)33(45)35(47)29(22)41)18(16-12-6-10-13-7-4-5-11-15(13)16)21-23(19)30(42)36(48)34(46)28(21)40/h1-12H,37-48H2.